The van der Waals surface area contributed by atoms with Gasteiger partial charge in [0.2, 0.25) is 5.91 Å². The quantitative estimate of drug-likeness (QED) is 0.699. The van der Waals surface area contributed by atoms with E-state index in [1.165, 1.54) is 6.07 Å². The van der Waals surface area contributed by atoms with E-state index in [0.29, 0.717) is 4.67 Å². The van der Waals surface area contributed by atoms with Gasteiger partial charge in [0.25, 0.3) is 0 Å². The molecule has 1 aromatic rings. The molecule has 0 spiro atoms. The number of rotatable bonds is 3. The van der Waals surface area contributed by atoms with E-state index in [1.807, 2.05) is 0 Å². The number of hydrogen-bond acceptors (Lipinski definition) is 4. The molecule has 2 fully saturated rings. The predicted molar refractivity (Wildman–Crippen MR) is 77.5 cm³/mol. The summed E-state index contributed by atoms with van der Waals surface area (Å²) in [5.74, 6) is -3.01. The third kappa shape index (κ3) is 2.63. The molecule has 1 aromatic heterocycles. The van der Waals surface area contributed by atoms with Gasteiger partial charge in [-0.15, -0.1) is 0 Å². The van der Waals surface area contributed by atoms with Gasteiger partial charge in [-0.25, -0.2) is 0 Å². The van der Waals surface area contributed by atoms with Crippen molar-refractivity contribution in [2.45, 2.75) is 19.3 Å². The molecule has 0 saturated heterocycles. The maximum Gasteiger partial charge on any atom is 0.307 e. The molecule has 0 aromatic carbocycles. The molecular weight excluding hydrogens is 356 g/mol. The van der Waals surface area contributed by atoms with Crippen LogP contribution < -0.4 is 10.9 Å². The first kappa shape index (κ1) is 15.1. The summed E-state index contributed by atoms with van der Waals surface area (Å²) in [6.07, 6.45) is 2.50. The molecule has 7 nitrogen and oxygen atoms in total. The van der Waals surface area contributed by atoms with Gasteiger partial charge in [-0.2, -0.15) is 0 Å². The van der Waals surface area contributed by atoms with Gasteiger partial charge in [0.05, 0.1) is 11.8 Å². The zero-order valence-corrected chi connectivity index (χ0v) is 13.1. The van der Waals surface area contributed by atoms with E-state index in [9.17, 15) is 19.5 Å². The first-order valence-corrected chi connectivity index (χ1v) is 7.85. The number of hydrogen-bond donors (Lipinski definition) is 3. The molecule has 2 saturated carbocycles. The standard InChI is InChI=1S/C14H15BrN2O5/c15-9-4-3-8(22-9)12(18)16-17-13(19)10-6-1-2-7(5-6)11(10)14(20)21/h3-4,6-7,10-11H,1-2,5H2,(H,16,18)(H,17,19)(H,20,21)/t6-,7-,10-,11-/m0/s1. The smallest absolute Gasteiger partial charge is 0.307 e. The summed E-state index contributed by atoms with van der Waals surface area (Å²) in [7, 11) is 0. The number of halogens is 1. The number of furan rings is 1. The molecule has 0 unspecified atom stereocenters. The lowest BCUT2D eigenvalue weighted by Crippen LogP contribution is -2.48. The van der Waals surface area contributed by atoms with Gasteiger partial charge in [-0.1, -0.05) is 0 Å². The van der Waals surface area contributed by atoms with Gasteiger partial charge in [0.15, 0.2) is 10.4 Å². The lowest BCUT2D eigenvalue weighted by molar-refractivity contribution is -0.149. The molecular formula is C14H15BrN2O5. The Kier molecular flexibility index (Phi) is 3.94. The molecule has 0 radical (unpaired) electrons. The molecule has 8 heteroatoms. The minimum absolute atomic E-state index is 0.0508. The van der Waals surface area contributed by atoms with E-state index < -0.39 is 29.6 Å². The van der Waals surface area contributed by atoms with Crippen LogP contribution in [0.3, 0.4) is 0 Å². The van der Waals surface area contributed by atoms with Crippen molar-refractivity contribution in [3.8, 4) is 0 Å². The van der Waals surface area contributed by atoms with Crippen molar-refractivity contribution < 1.29 is 23.9 Å². The average Bonchev–Trinajstić information content (AvgIpc) is 3.18. The lowest BCUT2D eigenvalue weighted by Gasteiger charge is -2.26. The largest absolute Gasteiger partial charge is 0.481 e. The van der Waals surface area contributed by atoms with E-state index in [1.54, 1.807) is 6.07 Å². The second-order valence-electron chi connectivity index (χ2n) is 5.77. The van der Waals surface area contributed by atoms with Crippen molar-refractivity contribution in [3.05, 3.63) is 22.6 Å². The maximum atomic E-state index is 12.3. The molecule has 2 aliphatic carbocycles. The number of carboxylic acid groups (broad SMARTS) is 1. The Labute approximate surface area is 134 Å². The maximum absolute atomic E-state index is 12.3. The number of amides is 2. The van der Waals surface area contributed by atoms with Crippen LogP contribution in [0.2, 0.25) is 0 Å². The summed E-state index contributed by atoms with van der Waals surface area (Å²) in [6, 6.07) is 3.02. The highest BCUT2D eigenvalue weighted by Gasteiger charge is 2.54. The molecule has 22 heavy (non-hydrogen) atoms. The highest BCUT2D eigenvalue weighted by atomic mass is 79.9. The molecule has 3 N–H and O–H groups in total. The van der Waals surface area contributed by atoms with Crippen molar-refractivity contribution >= 4 is 33.7 Å². The second-order valence-corrected chi connectivity index (χ2v) is 6.55. The van der Waals surface area contributed by atoms with Gasteiger partial charge in [-0.05, 0) is 59.2 Å². The first-order chi connectivity index (χ1) is 10.5. The predicted octanol–water partition coefficient (Wildman–Crippen LogP) is 1.55. The molecule has 4 atom stereocenters. The number of carbonyl (C=O) groups excluding carboxylic acids is 2. The number of nitrogens with one attached hydrogen (secondary N) is 2. The minimum Gasteiger partial charge on any atom is -0.481 e. The van der Waals surface area contributed by atoms with Crippen LogP contribution >= 0.6 is 15.9 Å². The lowest BCUT2D eigenvalue weighted by atomic mass is 9.79. The van der Waals surface area contributed by atoms with Crippen molar-refractivity contribution in [3.63, 3.8) is 0 Å². The molecule has 2 bridgehead atoms. The van der Waals surface area contributed by atoms with Crippen LogP contribution in [0.5, 0.6) is 0 Å². The Balaban J connectivity index is 1.62. The van der Waals surface area contributed by atoms with Crippen LogP contribution in [0.15, 0.2) is 21.2 Å². The van der Waals surface area contributed by atoms with Crippen LogP contribution in [0.1, 0.15) is 29.8 Å². The molecule has 2 amide bonds. The van der Waals surface area contributed by atoms with E-state index in [4.69, 9.17) is 4.42 Å². The van der Waals surface area contributed by atoms with Crippen LogP contribution in [-0.2, 0) is 9.59 Å². The zero-order valence-electron chi connectivity index (χ0n) is 11.5. The van der Waals surface area contributed by atoms with E-state index in [-0.39, 0.29) is 17.6 Å². The monoisotopic (exact) mass is 370 g/mol. The number of fused-ring (bicyclic) bond motifs is 2. The number of aliphatic carboxylic acids is 1. The molecule has 3 rings (SSSR count). The Bertz CT molecular complexity index is 629. The summed E-state index contributed by atoms with van der Waals surface area (Å²) in [5.41, 5.74) is 4.59. The van der Waals surface area contributed by atoms with Gasteiger partial charge in [-0.3, -0.25) is 25.2 Å². The Morgan fingerprint density at radius 1 is 1.14 bits per heavy atom. The molecule has 2 aliphatic rings. The molecule has 118 valence electrons. The second kappa shape index (κ2) is 5.75. The van der Waals surface area contributed by atoms with Crippen molar-refractivity contribution in [2.24, 2.45) is 23.7 Å². The van der Waals surface area contributed by atoms with E-state index in [0.717, 1.165) is 19.3 Å². The van der Waals surface area contributed by atoms with Crippen molar-refractivity contribution in [1.29, 1.82) is 0 Å². The van der Waals surface area contributed by atoms with Crippen LogP contribution in [0.4, 0.5) is 0 Å². The highest BCUT2D eigenvalue weighted by Crippen LogP contribution is 2.52. The molecule has 1 heterocycles. The topological polar surface area (TPSA) is 109 Å². The van der Waals surface area contributed by atoms with Crippen LogP contribution in [-0.4, -0.2) is 22.9 Å². The third-order valence-electron chi connectivity index (χ3n) is 4.60. The SMILES string of the molecule is O=C(NNC(=O)[C@H]1[C@H]2CC[C@@H](C2)[C@@H]1C(=O)O)c1ccc(Br)o1. The first-order valence-electron chi connectivity index (χ1n) is 7.05. The summed E-state index contributed by atoms with van der Waals surface area (Å²) in [5, 5.41) is 9.33. The number of hydrazine groups is 1. The molecule has 0 aliphatic heterocycles. The van der Waals surface area contributed by atoms with Crippen molar-refractivity contribution in [1.82, 2.24) is 10.9 Å². The fourth-order valence-corrected chi connectivity index (χ4v) is 4.03. The highest BCUT2D eigenvalue weighted by molar-refractivity contribution is 9.10. The number of carboxylic acids is 1. The normalized spacial score (nSPS) is 29.3. The van der Waals surface area contributed by atoms with Gasteiger partial charge in [0, 0.05) is 0 Å². The Morgan fingerprint density at radius 2 is 1.82 bits per heavy atom. The van der Waals surface area contributed by atoms with Gasteiger partial charge < -0.3 is 9.52 Å². The van der Waals surface area contributed by atoms with Crippen molar-refractivity contribution in [2.75, 3.05) is 0 Å². The fraction of sp³-hybridized carbons (Fsp3) is 0.500. The average molecular weight is 371 g/mol. The summed E-state index contributed by atoms with van der Waals surface area (Å²) in [6.45, 7) is 0. The summed E-state index contributed by atoms with van der Waals surface area (Å²) in [4.78, 5) is 35.4. The Morgan fingerprint density at radius 3 is 2.41 bits per heavy atom. The third-order valence-corrected chi connectivity index (χ3v) is 5.03. The van der Waals surface area contributed by atoms with E-state index >= 15 is 0 Å². The minimum atomic E-state index is -0.936. The van der Waals surface area contributed by atoms with Gasteiger partial charge >= 0.3 is 11.9 Å². The summed E-state index contributed by atoms with van der Waals surface area (Å²) >= 11 is 3.08. The van der Waals surface area contributed by atoms with Gasteiger partial charge in [0.1, 0.15) is 0 Å². The van der Waals surface area contributed by atoms with Crippen LogP contribution in [0, 0.1) is 23.7 Å². The van der Waals surface area contributed by atoms with E-state index in [2.05, 4.69) is 26.8 Å². The Hall–Kier alpha value is -1.83. The van der Waals surface area contributed by atoms with Crippen LogP contribution in [0.25, 0.3) is 0 Å². The number of carbonyl (C=O) groups is 3. The summed E-state index contributed by atoms with van der Waals surface area (Å²) < 4.78 is 5.48. The zero-order chi connectivity index (χ0) is 15.9. The fourth-order valence-electron chi connectivity index (χ4n) is 3.72.